The van der Waals surface area contributed by atoms with E-state index in [0.29, 0.717) is 6.07 Å². The molecule has 0 bridgehead atoms. The van der Waals surface area contributed by atoms with Crippen LogP contribution >= 0.6 is 23.4 Å². The van der Waals surface area contributed by atoms with Gasteiger partial charge in [0.25, 0.3) is 0 Å². The van der Waals surface area contributed by atoms with Crippen molar-refractivity contribution in [2.45, 2.75) is 43.4 Å². The zero-order valence-corrected chi connectivity index (χ0v) is 16.6. The van der Waals surface area contributed by atoms with Gasteiger partial charge < -0.3 is 5.32 Å². The highest BCUT2D eigenvalue weighted by molar-refractivity contribution is 8.00. The van der Waals surface area contributed by atoms with Crippen molar-refractivity contribution < 1.29 is 26.4 Å². The molecule has 1 N–H and O–H groups in total. The van der Waals surface area contributed by atoms with E-state index in [9.17, 15) is 26.4 Å². The Morgan fingerprint density at radius 2 is 1.92 bits per heavy atom. The highest BCUT2D eigenvalue weighted by atomic mass is 35.5. The zero-order chi connectivity index (χ0) is 19.9. The Hall–Kier alpha value is -0.970. The Morgan fingerprint density at radius 3 is 2.46 bits per heavy atom. The van der Waals surface area contributed by atoms with Crippen molar-refractivity contribution in [2.75, 3.05) is 11.6 Å². The predicted molar refractivity (Wildman–Crippen MR) is 94.5 cm³/mol. The maximum atomic E-state index is 13.0. The number of hydrogen-bond acceptors (Lipinski definition) is 4. The first-order valence-corrected chi connectivity index (χ1v) is 10.5. The van der Waals surface area contributed by atoms with Crippen LogP contribution in [0.1, 0.15) is 26.3 Å². The molecule has 0 aromatic heterocycles. The third kappa shape index (κ3) is 4.65. The number of benzene rings is 1. The lowest BCUT2D eigenvalue weighted by atomic mass is 10.1. The highest BCUT2D eigenvalue weighted by Gasteiger charge is 2.42. The molecule has 0 spiro atoms. The van der Waals surface area contributed by atoms with Gasteiger partial charge in [0.1, 0.15) is 6.04 Å². The van der Waals surface area contributed by atoms with Gasteiger partial charge in [-0.2, -0.15) is 17.5 Å². The first-order chi connectivity index (χ1) is 11.7. The molecule has 1 aromatic carbocycles. The van der Waals surface area contributed by atoms with Crippen molar-refractivity contribution >= 4 is 39.3 Å². The van der Waals surface area contributed by atoms with Crippen LogP contribution in [0.4, 0.5) is 13.2 Å². The molecule has 0 aliphatic carbocycles. The Kier molecular flexibility index (Phi) is 5.92. The van der Waals surface area contributed by atoms with E-state index in [1.807, 2.05) is 0 Å². The summed E-state index contributed by atoms with van der Waals surface area (Å²) in [4.78, 5) is 11.8. The molecule has 1 fully saturated rings. The quantitative estimate of drug-likeness (QED) is 0.798. The van der Waals surface area contributed by atoms with Crippen LogP contribution in [-0.2, 0) is 21.0 Å². The van der Waals surface area contributed by atoms with Gasteiger partial charge in [-0.3, -0.25) is 4.79 Å². The molecule has 1 aliphatic rings. The van der Waals surface area contributed by atoms with Crippen LogP contribution in [0.2, 0.25) is 5.02 Å². The van der Waals surface area contributed by atoms with Crippen LogP contribution in [-0.4, -0.2) is 41.8 Å². The van der Waals surface area contributed by atoms with Crippen LogP contribution in [0.5, 0.6) is 0 Å². The Balaban J connectivity index is 2.39. The Labute approximate surface area is 159 Å². The Morgan fingerprint density at radius 1 is 1.31 bits per heavy atom. The van der Waals surface area contributed by atoms with Crippen molar-refractivity contribution in [2.24, 2.45) is 0 Å². The maximum Gasteiger partial charge on any atom is 0.417 e. The van der Waals surface area contributed by atoms with Gasteiger partial charge in [-0.25, -0.2) is 8.42 Å². The summed E-state index contributed by atoms with van der Waals surface area (Å²) in [5.74, 6) is -0.286. The number of sulfonamides is 1. The fraction of sp³-hybridized carbons (Fsp3) is 0.533. The van der Waals surface area contributed by atoms with Gasteiger partial charge in [0, 0.05) is 11.3 Å². The van der Waals surface area contributed by atoms with Crippen LogP contribution in [0, 0.1) is 0 Å². The molecular weight excluding hydrogens is 413 g/mol. The van der Waals surface area contributed by atoms with E-state index < -0.39 is 49.2 Å². The van der Waals surface area contributed by atoms with Crippen molar-refractivity contribution in [1.29, 1.82) is 0 Å². The number of nitrogens with zero attached hydrogens (tertiary/aromatic N) is 1. The number of carbonyl (C=O) groups excluding carboxylic acids is 1. The summed E-state index contributed by atoms with van der Waals surface area (Å²) in [6, 6.07) is 1.41. The number of amides is 1. The molecule has 1 atom stereocenters. The first kappa shape index (κ1) is 21.3. The summed E-state index contributed by atoms with van der Waals surface area (Å²) in [6.45, 7) is 5.25. The zero-order valence-electron chi connectivity index (χ0n) is 14.2. The average Bonchev–Trinajstić information content (AvgIpc) is 2.94. The van der Waals surface area contributed by atoms with Gasteiger partial charge in [0.2, 0.25) is 15.9 Å². The summed E-state index contributed by atoms with van der Waals surface area (Å²) < 4.78 is 65.6. The smallest absolute Gasteiger partial charge is 0.350 e. The van der Waals surface area contributed by atoms with E-state index in [1.165, 1.54) is 11.8 Å². The van der Waals surface area contributed by atoms with E-state index in [1.54, 1.807) is 20.8 Å². The lowest BCUT2D eigenvalue weighted by molar-refractivity contribution is -0.137. The van der Waals surface area contributed by atoms with Crippen molar-refractivity contribution in [1.82, 2.24) is 9.62 Å². The number of thioether (sulfide) groups is 1. The second kappa shape index (κ2) is 7.21. The molecule has 0 radical (unpaired) electrons. The molecule has 0 unspecified atom stereocenters. The molecule has 5 nitrogen and oxygen atoms in total. The van der Waals surface area contributed by atoms with Gasteiger partial charge in [0.05, 0.1) is 21.4 Å². The number of carbonyl (C=O) groups is 1. The van der Waals surface area contributed by atoms with Crippen molar-refractivity contribution in [3.8, 4) is 0 Å². The van der Waals surface area contributed by atoms with E-state index >= 15 is 0 Å². The summed E-state index contributed by atoms with van der Waals surface area (Å²) in [5.41, 5.74) is -1.80. The molecular formula is C15H18ClF3N2O3S2. The maximum absolute atomic E-state index is 13.0. The van der Waals surface area contributed by atoms with Gasteiger partial charge >= 0.3 is 6.18 Å². The topological polar surface area (TPSA) is 66.5 Å². The summed E-state index contributed by atoms with van der Waals surface area (Å²) in [6.07, 6.45) is -4.79. The van der Waals surface area contributed by atoms with E-state index in [2.05, 4.69) is 5.32 Å². The molecule has 11 heteroatoms. The van der Waals surface area contributed by atoms with Crippen LogP contribution in [0.3, 0.4) is 0 Å². The highest BCUT2D eigenvalue weighted by Crippen LogP contribution is 2.37. The predicted octanol–water partition coefficient (Wildman–Crippen LogP) is 3.34. The molecule has 146 valence electrons. The number of nitrogens with one attached hydrogen (secondary N) is 1. The van der Waals surface area contributed by atoms with Crippen molar-refractivity contribution in [3.05, 3.63) is 28.8 Å². The Bertz CT molecular complexity index is 807. The molecule has 1 aliphatic heterocycles. The fourth-order valence-electron chi connectivity index (χ4n) is 2.34. The van der Waals surface area contributed by atoms with Gasteiger partial charge in [-0.1, -0.05) is 11.6 Å². The molecule has 1 aromatic rings. The summed E-state index contributed by atoms with van der Waals surface area (Å²) in [5, 5.41) is 2.11. The van der Waals surface area contributed by atoms with Gasteiger partial charge in [-0.05, 0) is 39.0 Å². The second-order valence-electron chi connectivity index (χ2n) is 6.79. The van der Waals surface area contributed by atoms with E-state index in [-0.39, 0.29) is 11.6 Å². The SMILES string of the molecule is CC(C)(C)NC(=O)[C@@H]1CSCN1S(=O)(=O)c1ccc(Cl)c(C(F)(F)F)c1. The third-order valence-electron chi connectivity index (χ3n) is 3.49. The monoisotopic (exact) mass is 430 g/mol. The standard InChI is InChI=1S/C15H18ClF3N2O3S2/c1-14(2,3)20-13(22)12-7-25-8-21(12)26(23,24)9-4-5-11(16)10(6-9)15(17,18)19/h4-6,12H,7-8H2,1-3H3,(H,20,22)/t12-/m0/s1. The lowest BCUT2D eigenvalue weighted by Crippen LogP contribution is -2.52. The number of hydrogen-bond donors (Lipinski definition) is 1. The second-order valence-corrected chi connectivity index (χ2v) is 10.1. The summed E-state index contributed by atoms with van der Waals surface area (Å²) >= 11 is 6.76. The van der Waals surface area contributed by atoms with Crippen molar-refractivity contribution in [3.63, 3.8) is 0 Å². The average molecular weight is 431 g/mol. The number of alkyl halides is 3. The van der Waals surface area contributed by atoms with E-state index in [0.717, 1.165) is 16.4 Å². The van der Waals surface area contributed by atoms with E-state index in [4.69, 9.17) is 11.6 Å². The minimum absolute atomic E-state index is 0.0193. The number of halogens is 4. The van der Waals surface area contributed by atoms with Crippen LogP contribution < -0.4 is 5.32 Å². The number of rotatable bonds is 3. The van der Waals surface area contributed by atoms with Crippen LogP contribution in [0.25, 0.3) is 0 Å². The van der Waals surface area contributed by atoms with Gasteiger partial charge in [0.15, 0.2) is 0 Å². The minimum Gasteiger partial charge on any atom is -0.350 e. The largest absolute Gasteiger partial charge is 0.417 e. The lowest BCUT2D eigenvalue weighted by Gasteiger charge is -2.27. The molecule has 1 heterocycles. The first-order valence-electron chi connectivity index (χ1n) is 7.52. The molecule has 2 rings (SSSR count). The fourth-order valence-corrected chi connectivity index (χ4v) is 5.74. The third-order valence-corrected chi connectivity index (χ3v) is 6.85. The molecule has 1 saturated heterocycles. The molecule has 26 heavy (non-hydrogen) atoms. The molecule has 1 amide bonds. The summed E-state index contributed by atoms with van der Waals surface area (Å²) in [7, 11) is -4.29. The molecule has 0 saturated carbocycles. The normalized spacial score (nSPS) is 19.6. The minimum atomic E-state index is -4.79. The van der Waals surface area contributed by atoms with Gasteiger partial charge in [-0.15, -0.1) is 11.8 Å². The van der Waals surface area contributed by atoms with Crippen LogP contribution in [0.15, 0.2) is 23.1 Å².